The summed E-state index contributed by atoms with van der Waals surface area (Å²) in [6.07, 6.45) is -11.3. The lowest BCUT2D eigenvalue weighted by molar-refractivity contribution is -0.347. The van der Waals surface area contributed by atoms with Crippen LogP contribution >= 0.6 is 12.4 Å². The summed E-state index contributed by atoms with van der Waals surface area (Å²) in [4.78, 5) is 15.3. The van der Waals surface area contributed by atoms with Crippen LogP contribution in [0.1, 0.15) is 18.4 Å². The highest BCUT2D eigenvalue weighted by molar-refractivity contribution is 5.85. The Labute approximate surface area is 177 Å². The molecule has 0 saturated carbocycles. The summed E-state index contributed by atoms with van der Waals surface area (Å²) < 4.78 is 112. The van der Waals surface area contributed by atoms with E-state index in [9.17, 15) is 39.9 Å². The summed E-state index contributed by atoms with van der Waals surface area (Å²) in [6.45, 7) is -2.24. The van der Waals surface area contributed by atoms with Crippen LogP contribution in [0.25, 0.3) is 0 Å². The topological polar surface area (TPSA) is 72.5 Å². The van der Waals surface area contributed by atoms with Crippen molar-refractivity contribution in [3.05, 3.63) is 17.4 Å². The highest BCUT2D eigenvalue weighted by Crippen LogP contribution is 2.46. The molecule has 1 fully saturated rings. The van der Waals surface area contributed by atoms with E-state index in [4.69, 9.17) is 4.74 Å². The lowest BCUT2D eigenvalue weighted by Crippen LogP contribution is -2.57. The third-order valence-corrected chi connectivity index (χ3v) is 4.31. The molecule has 0 spiro atoms. The normalized spacial score (nSPS) is 17.1. The number of ether oxygens (including phenoxy) is 2. The summed E-state index contributed by atoms with van der Waals surface area (Å²) in [7, 11) is 1.04. The van der Waals surface area contributed by atoms with Gasteiger partial charge in [-0.05, 0) is 25.5 Å². The molecule has 1 aromatic rings. The molecule has 2 rings (SSSR count). The quantitative estimate of drug-likeness (QED) is 0.578. The summed E-state index contributed by atoms with van der Waals surface area (Å²) in [6, 6.07) is 0.198. The van der Waals surface area contributed by atoms with Gasteiger partial charge < -0.3 is 20.1 Å². The number of hydrogen-bond acceptors (Lipinski definition) is 5. The molecule has 1 aliphatic heterocycles. The molecule has 1 atom stereocenters. The maximum atomic E-state index is 14.1. The van der Waals surface area contributed by atoms with Crippen LogP contribution in [0.2, 0.25) is 0 Å². The van der Waals surface area contributed by atoms with E-state index in [1.807, 2.05) is 0 Å². The number of aromatic nitrogens is 1. The largest absolute Gasteiger partial charge is 0.481 e. The molecular formula is C16H18ClF8N3O3. The second kappa shape index (κ2) is 10.0. The Morgan fingerprint density at radius 2 is 1.81 bits per heavy atom. The number of alkyl halides is 7. The first-order valence-corrected chi connectivity index (χ1v) is 8.50. The van der Waals surface area contributed by atoms with Crippen molar-refractivity contribution < 1.29 is 49.4 Å². The van der Waals surface area contributed by atoms with Crippen LogP contribution < -0.4 is 20.1 Å². The second-order valence-electron chi connectivity index (χ2n) is 6.40. The highest BCUT2D eigenvalue weighted by Gasteiger charge is 2.73. The molecule has 2 N–H and O–H groups in total. The van der Waals surface area contributed by atoms with Gasteiger partial charge in [-0.1, -0.05) is 0 Å². The number of nitrogens with zero attached hydrogens (tertiary/aromatic N) is 1. The molecule has 0 radical (unpaired) electrons. The van der Waals surface area contributed by atoms with Gasteiger partial charge in [0.15, 0.2) is 5.82 Å². The number of carbonyl (C=O) groups excluding carboxylic acids is 1. The van der Waals surface area contributed by atoms with Gasteiger partial charge in [0, 0.05) is 12.1 Å². The summed E-state index contributed by atoms with van der Waals surface area (Å²) in [5.74, 6) is -3.62. The fourth-order valence-corrected chi connectivity index (χ4v) is 2.60. The van der Waals surface area contributed by atoms with Crippen LogP contribution in [0.3, 0.4) is 0 Å². The molecular weight excluding hydrogens is 470 g/mol. The number of hydrogen-bond donors (Lipinski definition) is 2. The van der Waals surface area contributed by atoms with E-state index >= 15 is 0 Å². The predicted octanol–water partition coefficient (Wildman–Crippen LogP) is 3.23. The van der Waals surface area contributed by atoms with Crippen molar-refractivity contribution in [1.82, 2.24) is 15.6 Å². The Bertz CT molecular complexity index is 756. The molecule has 6 nitrogen and oxygen atoms in total. The lowest BCUT2D eigenvalue weighted by Gasteiger charge is -2.29. The van der Waals surface area contributed by atoms with E-state index in [0.717, 1.165) is 13.5 Å². The monoisotopic (exact) mass is 487 g/mol. The van der Waals surface area contributed by atoms with Crippen molar-refractivity contribution >= 4 is 18.3 Å². The Balaban J connectivity index is 0.00000480. The fraction of sp³-hybridized carbons (Fsp3) is 0.625. The zero-order valence-corrected chi connectivity index (χ0v) is 16.6. The van der Waals surface area contributed by atoms with Crippen molar-refractivity contribution in [3.8, 4) is 11.8 Å². The summed E-state index contributed by atoms with van der Waals surface area (Å²) >= 11 is 0. The van der Waals surface area contributed by atoms with Gasteiger partial charge in [-0.25, -0.2) is 8.78 Å². The van der Waals surface area contributed by atoms with Crippen molar-refractivity contribution in [3.63, 3.8) is 0 Å². The Kier molecular flexibility index (Phi) is 8.71. The number of halogens is 9. The minimum Gasteiger partial charge on any atom is -0.481 e. The number of pyridine rings is 1. The first kappa shape index (κ1) is 26.9. The van der Waals surface area contributed by atoms with Gasteiger partial charge in [0.25, 0.3) is 5.88 Å². The third-order valence-electron chi connectivity index (χ3n) is 4.31. The average Bonchev–Trinajstić information content (AvgIpc) is 3.17. The Morgan fingerprint density at radius 1 is 1.19 bits per heavy atom. The first-order valence-electron chi connectivity index (χ1n) is 8.50. The summed E-state index contributed by atoms with van der Waals surface area (Å²) in [5, 5.41) is 5.40. The van der Waals surface area contributed by atoms with Crippen LogP contribution in [0.4, 0.5) is 35.1 Å². The van der Waals surface area contributed by atoms with Gasteiger partial charge in [0.1, 0.15) is 6.61 Å². The maximum Gasteiger partial charge on any atom is 0.435 e. The Hall–Kier alpha value is -2.09. The molecule has 15 heteroatoms. The van der Waals surface area contributed by atoms with Crippen LogP contribution in [0.5, 0.6) is 11.8 Å². The number of methoxy groups -OCH3 is 1. The standard InChI is InChI=1S/C16H17F8N3O3.ClH/c1-29-12-8(6-26-11(28)10-3-2-4-25-10)5-9(17)13(27-12)30-7-14(18,15(19,20)21)16(22,23)24;/h5,10,25H,2-4,6-7H2,1H3,(H,26,28);1H/t10-;/m0./s1. The molecule has 0 aromatic carbocycles. The first-order chi connectivity index (χ1) is 13.8. The molecule has 1 aliphatic rings. The fourth-order valence-electron chi connectivity index (χ4n) is 2.60. The summed E-state index contributed by atoms with van der Waals surface area (Å²) in [5.41, 5.74) is -5.80. The van der Waals surface area contributed by atoms with E-state index in [-0.39, 0.29) is 24.5 Å². The maximum absolute atomic E-state index is 14.1. The zero-order chi connectivity index (χ0) is 22.7. The van der Waals surface area contributed by atoms with Gasteiger partial charge in [0.2, 0.25) is 11.8 Å². The molecule has 1 aromatic heterocycles. The minimum absolute atomic E-state index is 0. The van der Waals surface area contributed by atoms with E-state index in [1.54, 1.807) is 0 Å². The van der Waals surface area contributed by atoms with Gasteiger partial charge >= 0.3 is 18.0 Å². The average molecular weight is 488 g/mol. The molecule has 178 valence electrons. The van der Waals surface area contributed by atoms with Crippen LogP contribution in [0.15, 0.2) is 6.07 Å². The van der Waals surface area contributed by atoms with Crippen LogP contribution in [-0.4, -0.2) is 55.2 Å². The van der Waals surface area contributed by atoms with Crippen LogP contribution in [-0.2, 0) is 11.3 Å². The minimum atomic E-state index is -6.36. The van der Waals surface area contributed by atoms with Gasteiger partial charge in [-0.2, -0.15) is 31.3 Å². The molecule has 2 heterocycles. The van der Waals surface area contributed by atoms with E-state index in [0.29, 0.717) is 19.0 Å². The van der Waals surface area contributed by atoms with Gasteiger partial charge in [0.05, 0.1) is 13.2 Å². The number of carbonyl (C=O) groups is 1. The molecule has 0 bridgehead atoms. The van der Waals surface area contributed by atoms with Gasteiger partial charge in [-0.3, -0.25) is 4.79 Å². The Morgan fingerprint density at radius 3 is 2.29 bits per heavy atom. The van der Waals surface area contributed by atoms with E-state index in [1.165, 1.54) is 0 Å². The van der Waals surface area contributed by atoms with Crippen molar-refractivity contribution in [1.29, 1.82) is 0 Å². The second-order valence-corrected chi connectivity index (χ2v) is 6.40. The SMILES string of the molecule is COc1nc(OCC(F)(C(F)(F)F)C(F)(F)F)c(F)cc1CNC(=O)[C@@H]1CCCN1.Cl. The molecule has 31 heavy (non-hydrogen) atoms. The number of rotatable bonds is 7. The third kappa shape index (κ3) is 5.99. The van der Waals surface area contributed by atoms with Crippen molar-refractivity contribution in [2.45, 2.75) is 43.4 Å². The number of amides is 1. The van der Waals surface area contributed by atoms with Crippen molar-refractivity contribution in [2.24, 2.45) is 0 Å². The van der Waals surface area contributed by atoms with Gasteiger partial charge in [-0.15, -0.1) is 12.4 Å². The zero-order valence-electron chi connectivity index (χ0n) is 15.8. The predicted molar refractivity (Wildman–Crippen MR) is 92.3 cm³/mol. The smallest absolute Gasteiger partial charge is 0.435 e. The van der Waals surface area contributed by atoms with Crippen molar-refractivity contribution in [2.75, 3.05) is 20.3 Å². The number of nitrogens with one attached hydrogen (secondary N) is 2. The lowest BCUT2D eigenvalue weighted by atomic mass is 10.1. The molecule has 0 unspecified atom stereocenters. The molecule has 1 saturated heterocycles. The van der Waals surface area contributed by atoms with E-state index < -0.39 is 54.2 Å². The highest BCUT2D eigenvalue weighted by atomic mass is 35.5. The van der Waals surface area contributed by atoms with E-state index in [2.05, 4.69) is 20.4 Å². The molecule has 1 amide bonds. The van der Waals surface area contributed by atoms with Crippen LogP contribution in [0, 0.1) is 5.82 Å². The molecule has 0 aliphatic carbocycles.